The summed E-state index contributed by atoms with van der Waals surface area (Å²) >= 11 is 0. The molecule has 0 aromatic heterocycles. The molecule has 30 heavy (non-hydrogen) atoms. The number of hydrogen-bond donors (Lipinski definition) is 2. The predicted molar refractivity (Wildman–Crippen MR) is 119 cm³/mol. The van der Waals surface area contributed by atoms with Gasteiger partial charge in [0.1, 0.15) is 11.6 Å². The van der Waals surface area contributed by atoms with Crippen molar-refractivity contribution < 1.29 is 4.79 Å². The van der Waals surface area contributed by atoms with Crippen LogP contribution in [-0.2, 0) is 11.2 Å². The fraction of sp³-hybridized carbons (Fsp3) is 0.154. The van der Waals surface area contributed by atoms with Gasteiger partial charge in [-0.15, -0.1) is 0 Å². The van der Waals surface area contributed by atoms with Crippen molar-refractivity contribution in [3.05, 3.63) is 119 Å². The zero-order valence-electron chi connectivity index (χ0n) is 16.8. The molecule has 4 heteroatoms. The van der Waals surface area contributed by atoms with Crippen molar-refractivity contribution in [2.24, 2.45) is 0 Å². The molecule has 0 aliphatic heterocycles. The summed E-state index contributed by atoms with van der Waals surface area (Å²) in [6.07, 6.45) is 3.37. The van der Waals surface area contributed by atoms with E-state index in [-0.39, 0.29) is 11.6 Å². The lowest BCUT2D eigenvalue weighted by Crippen LogP contribution is -2.31. The summed E-state index contributed by atoms with van der Waals surface area (Å²) in [5.41, 5.74) is 3.26. The monoisotopic (exact) mass is 395 g/mol. The van der Waals surface area contributed by atoms with Gasteiger partial charge in [-0.25, -0.2) is 0 Å². The van der Waals surface area contributed by atoms with Crippen molar-refractivity contribution in [2.45, 2.75) is 18.9 Å². The highest BCUT2D eigenvalue weighted by atomic mass is 16.1. The van der Waals surface area contributed by atoms with E-state index in [2.05, 4.69) is 22.8 Å². The van der Waals surface area contributed by atoms with Crippen LogP contribution in [0.4, 0.5) is 0 Å². The summed E-state index contributed by atoms with van der Waals surface area (Å²) in [5.74, 6) is -0.397. The van der Waals surface area contributed by atoms with E-state index in [1.807, 2.05) is 84.9 Å². The minimum absolute atomic E-state index is 0.0616. The second-order valence-electron chi connectivity index (χ2n) is 6.94. The standard InChI is InChI=1S/C26H25N3O/c27-19-24(20-28-18-10-13-21-11-4-1-5-12-21)26(30)29-25(22-14-6-2-7-15-22)23-16-8-3-9-17-23/h1-9,11-12,14-17,20,25,28H,10,13,18H2,(H,29,30)/b24-20-. The minimum atomic E-state index is -0.397. The molecule has 2 N–H and O–H groups in total. The molecule has 0 fully saturated rings. The van der Waals surface area contributed by atoms with Crippen LogP contribution in [0.5, 0.6) is 0 Å². The van der Waals surface area contributed by atoms with Crippen molar-refractivity contribution in [1.82, 2.24) is 10.6 Å². The molecule has 0 aliphatic carbocycles. The Kier molecular flexibility index (Phi) is 7.82. The molecule has 1 amide bonds. The number of hydrogen-bond acceptors (Lipinski definition) is 3. The van der Waals surface area contributed by atoms with Crippen molar-refractivity contribution in [2.75, 3.05) is 6.54 Å². The van der Waals surface area contributed by atoms with Crippen LogP contribution in [0.25, 0.3) is 0 Å². The topological polar surface area (TPSA) is 64.9 Å². The summed E-state index contributed by atoms with van der Waals surface area (Å²) in [6, 6.07) is 31.4. The number of carbonyl (C=O) groups is 1. The minimum Gasteiger partial charge on any atom is -0.390 e. The van der Waals surface area contributed by atoms with Gasteiger partial charge < -0.3 is 10.6 Å². The molecule has 0 saturated heterocycles. The van der Waals surface area contributed by atoms with Crippen LogP contribution < -0.4 is 10.6 Å². The van der Waals surface area contributed by atoms with E-state index < -0.39 is 5.91 Å². The summed E-state index contributed by atoms with van der Waals surface area (Å²) < 4.78 is 0. The smallest absolute Gasteiger partial charge is 0.264 e. The molecule has 0 atom stereocenters. The molecule has 0 radical (unpaired) electrons. The Morgan fingerprint density at radius 3 is 1.93 bits per heavy atom. The number of nitrogens with zero attached hydrogens (tertiary/aromatic N) is 1. The van der Waals surface area contributed by atoms with E-state index in [1.165, 1.54) is 11.8 Å². The Balaban J connectivity index is 1.62. The van der Waals surface area contributed by atoms with E-state index in [1.54, 1.807) is 0 Å². The van der Waals surface area contributed by atoms with E-state index in [0.29, 0.717) is 6.54 Å². The van der Waals surface area contributed by atoms with Gasteiger partial charge in [0.05, 0.1) is 6.04 Å². The molecule has 150 valence electrons. The number of amides is 1. The molecule has 0 heterocycles. The summed E-state index contributed by atoms with van der Waals surface area (Å²) in [6.45, 7) is 0.689. The van der Waals surface area contributed by atoms with Gasteiger partial charge in [0.25, 0.3) is 5.91 Å². The lowest BCUT2D eigenvalue weighted by molar-refractivity contribution is -0.117. The number of aryl methyl sites for hydroxylation is 1. The molecule has 0 spiro atoms. The molecule has 0 bridgehead atoms. The summed E-state index contributed by atoms with van der Waals surface area (Å²) in [7, 11) is 0. The first kappa shape index (κ1) is 20.9. The third kappa shape index (κ3) is 6.08. The number of benzene rings is 3. The second-order valence-corrected chi connectivity index (χ2v) is 6.94. The van der Waals surface area contributed by atoms with Gasteiger partial charge in [0, 0.05) is 12.7 Å². The highest BCUT2D eigenvalue weighted by Crippen LogP contribution is 2.22. The van der Waals surface area contributed by atoms with Crippen molar-refractivity contribution in [3.63, 3.8) is 0 Å². The van der Waals surface area contributed by atoms with E-state index >= 15 is 0 Å². The Morgan fingerprint density at radius 2 is 1.40 bits per heavy atom. The van der Waals surface area contributed by atoms with Crippen LogP contribution in [0, 0.1) is 11.3 Å². The highest BCUT2D eigenvalue weighted by molar-refractivity contribution is 5.97. The Bertz CT molecular complexity index is 953. The molecule has 3 aromatic carbocycles. The highest BCUT2D eigenvalue weighted by Gasteiger charge is 2.18. The van der Waals surface area contributed by atoms with Gasteiger partial charge in [-0.1, -0.05) is 91.0 Å². The third-order valence-corrected chi connectivity index (χ3v) is 4.78. The van der Waals surface area contributed by atoms with E-state index in [0.717, 1.165) is 24.0 Å². The third-order valence-electron chi connectivity index (χ3n) is 4.78. The fourth-order valence-electron chi connectivity index (χ4n) is 3.22. The molecule has 3 rings (SSSR count). The van der Waals surface area contributed by atoms with Gasteiger partial charge in [-0.05, 0) is 29.5 Å². The van der Waals surface area contributed by atoms with Crippen LogP contribution in [-0.4, -0.2) is 12.5 Å². The summed E-state index contributed by atoms with van der Waals surface area (Å²) in [4.78, 5) is 12.8. The molecular weight excluding hydrogens is 370 g/mol. The first-order valence-electron chi connectivity index (χ1n) is 10.1. The normalized spacial score (nSPS) is 11.0. The number of nitriles is 1. The largest absolute Gasteiger partial charge is 0.390 e. The van der Waals surface area contributed by atoms with Gasteiger partial charge in [-0.3, -0.25) is 4.79 Å². The van der Waals surface area contributed by atoms with Crippen LogP contribution in [0.2, 0.25) is 0 Å². The average molecular weight is 396 g/mol. The molecule has 3 aromatic rings. The van der Waals surface area contributed by atoms with Crippen molar-refractivity contribution >= 4 is 5.91 Å². The SMILES string of the molecule is N#C/C(=C/NCCCc1ccccc1)C(=O)NC(c1ccccc1)c1ccccc1. The van der Waals surface area contributed by atoms with E-state index in [4.69, 9.17) is 0 Å². The van der Waals surface area contributed by atoms with Gasteiger partial charge in [-0.2, -0.15) is 5.26 Å². The lowest BCUT2D eigenvalue weighted by atomic mass is 9.98. The Labute approximate surface area is 177 Å². The number of nitrogens with one attached hydrogen (secondary N) is 2. The van der Waals surface area contributed by atoms with Crippen molar-refractivity contribution in [1.29, 1.82) is 5.26 Å². The van der Waals surface area contributed by atoms with Crippen LogP contribution in [0.1, 0.15) is 29.2 Å². The van der Waals surface area contributed by atoms with Gasteiger partial charge in [0.15, 0.2) is 0 Å². The fourth-order valence-corrected chi connectivity index (χ4v) is 3.22. The van der Waals surface area contributed by atoms with Crippen molar-refractivity contribution in [3.8, 4) is 6.07 Å². The van der Waals surface area contributed by atoms with E-state index in [9.17, 15) is 10.1 Å². The maximum atomic E-state index is 12.8. The van der Waals surface area contributed by atoms with Crippen LogP contribution in [0.15, 0.2) is 103 Å². The second kappa shape index (κ2) is 11.2. The average Bonchev–Trinajstić information content (AvgIpc) is 2.81. The van der Waals surface area contributed by atoms with Gasteiger partial charge in [0.2, 0.25) is 0 Å². The summed E-state index contributed by atoms with van der Waals surface area (Å²) in [5, 5.41) is 15.6. The molecule has 0 aliphatic rings. The zero-order valence-corrected chi connectivity index (χ0v) is 16.8. The Morgan fingerprint density at radius 1 is 0.867 bits per heavy atom. The lowest BCUT2D eigenvalue weighted by Gasteiger charge is -2.19. The number of carbonyl (C=O) groups excluding carboxylic acids is 1. The Hall–Kier alpha value is -3.84. The predicted octanol–water partition coefficient (Wildman–Crippen LogP) is 4.52. The first-order valence-corrected chi connectivity index (χ1v) is 10.1. The molecule has 0 unspecified atom stereocenters. The van der Waals surface area contributed by atoms with Crippen LogP contribution in [0.3, 0.4) is 0 Å². The molecule has 0 saturated carbocycles. The first-order chi connectivity index (χ1) is 14.8. The van der Waals surface area contributed by atoms with Crippen LogP contribution >= 0.6 is 0 Å². The van der Waals surface area contributed by atoms with Gasteiger partial charge >= 0.3 is 0 Å². The molecular formula is C26H25N3O. The maximum absolute atomic E-state index is 12.8. The maximum Gasteiger partial charge on any atom is 0.264 e. The zero-order chi connectivity index (χ0) is 21.0. The number of rotatable bonds is 9. The quantitative estimate of drug-likeness (QED) is 0.318. The molecule has 4 nitrogen and oxygen atoms in total.